The zero-order chi connectivity index (χ0) is 74.1. The Morgan fingerprint density at radius 1 is 0.637 bits per heavy atom. The molecule has 9 amide bonds. The number of halogens is 2. The van der Waals surface area contributed by atoms with Crippen LogP contribution in [0.4, 0.5) is 47.7 Å². The topological polar surface area (TPSA) is 453 Å². The Kier molecular flexibility index (Phi) is 31.8. The molecule has 37 heteroatoms. The molecule has 11 rings (SSSR count). The first kappa shape index (κ1) is 82.6. The number of hydrogen-bond acceptors (Lipinski definition) is 23. The van der Waals surface area contributed by atoms with Gasteiger partial charge in [0.05, 0.1) is 48.1 Å². The van der Waals surface area contributed by atoms with E-state index < -0.39 is 26.2 Å². The third kappa shape index (κ3) is 23.8. The molecule has 0 atom stereocenters. The van der Waals surface area contributed by atoms with Gasteiger partial charge in [0.25, 0.3) is 11.8 Å². The standard InChI is InChI=1S/C27H39N9O4Si.C16H16ClN7O2.C7H7NO2.C6H12N2O.C5H10N2O2.C4H9NO.ClH/c1-27(2,3)41(7,8)40-15-17-13-36(14-17)26(38)31-21-12-20(22(33-32-21)25(37)28-4)30-19-11-9-10-18(23(19)39-6)24-29-16-35(5)34-24;1-18-16(25)13-11(7-12(17)21-22-13)20-10-6-4-5-9(14(10)26-3)15-19-8-24(2)23-15;8-7(9)10-6-4-2-1-3-5-6;1-2-5-3-8(4-5)6(7)9;6-5(9)7-1-4(2-7)3-8;6-3-4-1-5-2-4;/h9-12,16-17H,13-15H2,1-8H3,(H,28,37)(H2,30,31,32,38);4-8H,1-3H3,(H,18,25)(H,20,21);1-5H,(H2,8,9);5H,2-4H2,1H3,(H2,7,9);4,8H,1-3H2,(H2,6,9);4-6H,1-3H2;1H. The van der Waals surface area contributed by atoms with Crippen molar-refractivity contribution in [2.75, 3.05) is 116 Å². The van der Waals surface area contributed by atoms with Crippen molar-refractivity contribution in [3.05, 3.63) is 108 Å². The summed E-state index contributed by atoms with van der Waals surface area (Å²) in [7, 11) is 7.83. The Balaban J connectivity index is 0.000000257. The van der Waals surface area contributed by atoms with Gasteiger partial charge in [0, 0.05) is 130 Å². The fourth-order valence-corrected chi connectivity index (χ4v) is 10.6. The van der Waals surface area contributed by atoms with E-state index in [1.165, 1.54) is 25.1 Å². The number of aromatic nitrogens is 10. The van der Waals surface area contributed by atoms with E-state index in [9.17, 15) is 28.8 Å². The summed E-state index contributed by atoms with van der Waals surface area (Å²) in [5.41, 5.74) is 18.1. The molecule has 0 bridgehead atoms. The van der Waals surface area contributed by atoms with Crippen LogP contribution < -0.4 is 63.3 Å². The minimum atomic E-state index is -1.84. The van der Waals surface area contributed by atoms with Crippen molar-refractivity contribution >= 4 is 96.9 Å². The number of benzene rings is 3. The van der Waals surface area contributed by atoms with Gasteiger partial charge in [-0.1, -0.05) is 69.6 Å². The number of likely N-dealkylation sites (tertiary alicyclic amines) is 3. The summed E-state index contributed by atoms with van der Waals surface area (Å²) in [6.07, 6.45) is 3.57. The number of rotatable bonds is 18. The summed E-state index contributed by atoms with van der Waals surface area (Å²) >= 11 is 5.94. The van der Waals surface area contributed by atoms with Crippen molar-refractivity contribution in [2.45, 2.75) is 52.2 Å². The van der Waals surface area contributed by atoms with Crippen LogP contribution in [0.25, 0.3) is 22.8 Å². The Morgan fingerprint density at radius 3 is 1.50 bits per heavy atom. The van der Waals surface area contributed by atoms with E-state index in [2.05, 4.69) is 118 Å². The fraction of sp³-hybridized carbons (Fsp3) is 0.446. The van der Waals surface area contributed by atoms with Crippen molar-refractivity contribution in [1.29, 1.82) is 0 Å². The third-order valence-corrected chi connectivity index (χ3v) is 21.2. The summed E-state index contributed by atoms with van der Waals surface area (Å²) in [5.74, 6) is 3.67. The highest BCUT2D eigenvalue weighted by Crippen LogP contribution is 2.40. The maximum Gasteiger partial charge on any atom is 0.409 e. The summed E-state index contributed by atoms with van der Waals surface area (Å²) in [6.45, 7) is 20.6. The lowest BCUT2D eigenvalue weighted by Gasteiger charge is -2.42. The second-order valence-corrected chi connectivity index (χ2v) is 30.3. The molecule has 3 aromatic carbocycles. The van der Waals surface area contributed by atoms with Crippen LogP contribution in [0, 0.1) is 23.7 Å². The van der Waals surface area contributed by atoms with Crippen molar-refractivity contribution in [2.24, 2.45) is 55.0 Å². The van der Waals surface area contributed by atoms with E-state index in [1.807, 2.05) is 30.3 Å². The zero-order valence-corrected chi connectivity index (χ0v) is 61.8. The number of primary amides is 3. The minimum absolute atomic E-state index is 0. The lowest BCUT2D eigenvalue weighted by Crippen LogP contribution is -2.54. The van der Waals surface area contributed by atoms with Crippen LogP contribution in [0.2, 0.25) is 23.3 Å². The molecule has 0 unspecified atom stereocenters. The molecular formula is C65H94Cl2N22O12Si. The van der Waals surface area contributed by atoms with Crippen molar-refractivity contribution in [3.8, 4) is 40.0 Å². The maximum atomic E-state index is 12.9. The zero-order valence-electron chi connectivity index (χ0n) is 59.3. The lowest BCUT2D eigenvalue weighted by molar-refractivity contribution is 0.0818. The number of para-hydroxylation sites is 3. The molecule has 7 aromatic rings. The quantitative estimate of drug-likeness (QED) is 0.0434. The number of aryl methyl sites for hydroxylation is 2. The number of nitrogens with one attached hydrogen (secondary N) is 6. The maximum absolute atomic E-state index is 12.9. The normalized spacial score (nSPS) is 13.9. The van der Waals surface area contributed by atoms with E-state index >= 15 is 0 Å². The molecule has 0 aliphatic carbocycles. The van der Waals surface area contributed by atoms with Gasteiger partial charge < -0.3 is 87.3 Å². The summed E-state index contributed by atoms with van der Waals surface area (Å²) in [6, 6.07) is 21.7. The van der Waals surface area contributed by atoms with Gasteiger partial charge in [0.2, 0.25) is 0 Å². The first-order chi connectivity index (χ1) is 48.0. The Morgan fingerprint density at radius 2 is 1.11 bits per heavy atom. The Labute approximate surface area is 604 Å². The molecule has 0 saturated carbocycles. The number of ether oxygens (including phenoxy) is 3. The molecule has 554 valence electrons. The van der Waals surface area contributed by atoms with Crippen LogP contribution in [0.1, 0.15) is 55.1 Å². The van der Waals surface area contributed by atoms with Gasteiger partial charge in [-0.3, -0.25) is 24.3 Å². The predicted molar refractivity (Wildman–Crippen MR) is 390 cm³/mol. The van der Waals surface area contributed by atoms with Crippen LogP contribution in [-0.4, -0.2) is 220 Å². The van der Waals surface area contributed by atoms with E-state index in [0.717, 1.165) is 32.6 Å². The molecule has 102 heavy (non-hydrogen) atoms. The molecule has 4 fully saturated rings. The largest absolute Gasteiger partial charge is 0.494 e. The molecule has 14 N–H and O–H groups in total. The number of nitrogens with zero attached hydrogens (tertiary/aromatic N) is 13. The van der Waals surface area contributed by atoms with E-state index in [0.29, 0.717) is 120 Å². The third-order valence-electron chi connectivity index (χ3n) is 16.5. The molecule has 4 aliphatic heterocycles. The number of carbonyl (C=O) groups excluding carboxylic acids is 6. The van der Waals surface area contributed by atoms with Crippen LogP contribution >= 0.6 is 24.0 Å². The predicted octanol–water partition coefficient (Wildman–Crippen LogP) is 6.07. The number of amides is 9. The first-order valence-electron chi connectivity index (χ1n) is 32.2. The van der Waals surface area contributed by atoms with Gasteiger partial charge in [-0.25, -0.2) is 29.1 Å². The second-order valence-electron chi connectivity index (χ2n) is 25.1. The molecule has 4 saturated heterocycles. The van der Waals surface area contributed by atoms with Crippen molar-refractivity contribution in [1.82, 2.24) is 80.6 Å². The number of urea groups is 3. The van der Waals surface area contributed by atoms with Crippen LogP contribution in [0.15, 0.2) is 91.5 Å². The average molecular weight is 1470 g/mol. The number of aliphatic hydroxyl groups is 2. The molecule has 4 aliphatic rings. The first-order valence-corrected chi connectivity index (χ1v) is 35.5. The minimum Gasteiger partial charge on any atom is -0.494 e. The van der Waals surface area contributed by atoms with Crippen molar-refractivity contribution < 1.29 is 57.6 Å². The van der Waals surface area contributed by atoms with Crippen LogP contribution in [0.5, 0.6) is 17.2 Å². The molecule has 34 nitrogen and oxygen atoms in total. The SMILES string of the molecule is CCC1CN(C(N)=O)C1.CNC(=O)c1nnc(Cl)cc1Nc1cccc(-c2ncn(C)n2)c1OC.CNC(=O)c1nnc(NC(=O)N2CC(CO[Si](C)(C)C(C)(C)C)C2)cc1Nc1cccc(-c2ncn(C)n2)c1OC.Cl.NC(=O)N1CC(CO)C1.NC(=O)Oc1ccccc1.OCC1CNC1. The van der Waals surface area contributed by atoms with Gasteiger partial charge in [-0.15, -0.1) is 32.8 Å². The van der Waals surface area contributed by atoms with Gasteiger partial charge in [0.15, 0.2) is 53.8 Å². The highest BCUT2D eigenvalue weighted by molar-refractivity contribution is 6.74. The van der Waals surface area contributed by atoms with Crippen molar-refractivity contribution in [3.63, 3.8) is 0 Å². The number of aliphatic hydroxyl groups excluding tert-OH is 2. The Hall–Kier alpha value is -10.0. The number of nitrogens with two attached hydrogens (primary N) is 3. The monoisotopic (exact) mass is 1470 g/mol. The summed E-state index contributed by atoms with van der Waals surface area (Å²) < 4.78 is 25.3. The average Bonchev–Trinajstić information content (AvgIpc) is 1.26. The molecule has 0 spiro atoms. The molecule has 4 aromatic heterocycles. The van der Waals surface area contributed by atoms with E-state index in [1.54, 1.807) is 103 Å². The van der Waals surface area contributed by atoms with Gasteiger partial charge >= 0.3 is 24.2 Å². The number of hydrogen-bond donors (Lipinski definition) is 11. The van der Waals surface area contributed by atoms with Gasteiger partial charge in [-0.05, 0) is 66.9 Å². The van der Waals surface area contributed by atoms with E-state index in [4.69, 9.17) is 52.9 Å². The van der Waals surface area contributed by atoms with Gasteiger partial charge in [-0.2, -0.15) is 10.2 Å². The summed E-state index contributed by atoms with van der Waals surface area (Å²) in [5, 5.41) is 58.8. The van der Waals surface area contributed by atoms with Crippen LogP contribution in [0.3, 0.4) is 0 Å². The lowest BCUT2D eigenvalue weighted by atomic mass is 9.98. The molecule has 0 radical (unpaired) electrons. The fourth-order valence-electron chi connectivity index (χ4n) is 9.39. The van der Waals surface area contributed by atoms with E-state index in [-0.39, 0.29) is 70.4 Å². The van der Waals surface area contributed by atoms with Gasteiger partial charge in [0.1, 0.15) is 18.4 Å². The molecular weight excluding hydrogens is 1380 g/mol. The molecule has 8 heterocycles. The number of carbonyl (C=O) groups is 6. The highest BCUT2D eigenvalue weighted by Gasteiger charge is 2.40. The number of anilines is 5. The van der Waals surface area contributed by atoms with Crippen LogP contribution in [-0.2, 0) is 18.5 Å². The highest BCUT2D eigenvalue weighted by atomic mass is 35.5. The Bertz CT molecular complexity index is 3850. The smallest absolute Gasteiger partial charge is 0.409 e. The second kappa shape index (κ2) is 39.2. The number of methoxy groups -OCH3 is 2. The summed E-state index contributed by atoms with van der Waals surface area (Å²) in [4.78, 5) is 81.8.